The molecule has 26 heavy (non-hydrogen) atoms. The number of hydrazone groups is 1. The highest BCUT2D eigenvalue weighted by molar-refractivity contribution is 8.15. The molecule has 1 aliphatic rings. The molecule has 2 rings (SSSR count). The van der Waals surface area contributed by atoms with Crippen molar-refractivity contribution in [3.05, 3.63) is 24.3 Å². The molecule has 0 aliphatic carbocycles. The van der Waals surface area contributed by atoms with Gasteiger partial charge in [0.05, 0.1) is 32.3 Å². The number of nitrogens with one attached hydrogen (secondary N) is 2. The molecule has 9 nitrogen and oxygen atoms in total. The fourth-order valence-corrected chi connectivity index (χ4v) is 3.09. The van der Waals surface area contributed by atoms with Crippen LogP contribution in [0.5, 0.6) is 17.2 Å². The van der Waals surface area contributed by atoms with Crippen LogP contribution < -0.4 is 30.1 Å². The number of rotatable bonds is 8. The summed E-state index contributed by atoms with van der Waals surface area (Å²) in [6.07, 6.45) is -0.386. The van der Waals surface area contributed by atoms with Gasteiger partial charge in [0.25, 0.3) is 0 Å². The van der Waals surface area contributed by atoms with Crippen molar-refractivity contribution in [2.45, 2.75) is 11.7 Å². The summed E-state index contributed by atoms with van der Waals surface area (Å²) in [5.74, 6) is -0.376. The number of hydrogen-bond acceptors (Lipinski definition) is 9. The molecule has 1 aromatic rings. The Hall–Kier alpha value is -2.88. The molecule has 0 radical (unpaired) electrons. The number of thioether (sulfide) groups is 1. The quantitative estimate of drug-likeness (QED) is 0.601. The maximum atomic E-state index is 11.7. The number of nitrogens with zero attached hydrogens (tertiary/aromatic N) is 1. The zero-order chi connectivity index (χ0) is 19.3. The van der Waals surface area contributed by atoms with Crippen molar-refractivity contribution in [1.29, 1.82) is 0 Å². The van der Waals surface area contributed by atoms with Crippen molar-refractivity contribution < 1.29 is 28.9 Å². The summed E-state index contributed by atoms with van der Waals surface area (Å²) in [5, 5.41) is 16.6. The van der Waals surface area contributed by atoms with E-state index >= 15 is 0 Å². The molecule has 0 spiro atoms. The first-order chi connectivity index (χ1) is 12.4. The number of aliphatic carboxylic acids is 1. The van der Waals surface area contributed by atoms with Gasteiger partial charge in [-0.05, 0) is 12.1 Å². The van der Waals surface area contributed by atoms with E-state index in [0.717, 1.165) is 11.8 Å². The van der Waals surface area contributed by atoms with Gasteiger partial charge in [0, 0.05) is 18.0 Å². The van der Waals surface area contributed by atoms with E-state index in [4.69, 9.17) is 14.2 Å². The summed E-state index contributed by atoms with van der Waals surface area (Å²) in [7, 11) is 4.50. The molecule has 1 saturated heterocycles. The highest BCUT2D eigenvalue weighted by atomic mass is 32.2. The maximum Gasteiger partial charge on any atom is 0.239 e. The van der Waals surface area contributed by atoms with Crippen LogP contribution in [0.2, 0.25) is 0 Å². The fraction of sp³-hybridized carbons (Fsp3) is 0.312. The fourth-order valence-electron chi connectivity index (χ4n) is 2.18. The Morgan fingerprint density at radius 1 is 1.31 bits per heavy atom. The van der Waals surface area contributed by atoms with Crippen LogP contribution in [-0.4, -0.2) is 43.6 Å². The lowest BCUT2D eigenvalue weighted by molar-refractivity contribution is -0.305. The van der Waals surface area contributed by atoms with Gasteiger partial charge in [-0.3, -0.25) is 10.2 Å². The van der Waals surface area contributed by atoms with Gasteiger partial charge in [0.15, 0.2) is 16.7 Å². The van der Waals surface area contributed by atoms with E-state index in [2.05, 4.69) is 22.4 Å². The zero-order valence-electron chi connectivity index (χ0n) is 14.5. The molecule has 1 heterocycles. The molecule has 1 fully saturated rings. The Bertz CT molecular complexity index is 739. The van der Waals surface area contributed by atoms with Gasteiger partial charge < -0.3 is 29.4 Å². The first-order valence-electron chi connectivity index (χ1n) is 7.40. The number of carboxylic acids is 1. The van der Waals surface area contributed by atoms with Crippen LogP contribution in [0.1, 0.15) is 12.0 Å². The van der Waals surface area contributed by atoms with Gasteiger partial charge in [-0.15, -0.1) is 5.10 Å². The Labute approximate surface area is 154 Å². The Morgan fingerprint density at radius 3 is 2.42 bits per heavy atom. The van der Waals surface area contributed by atoms with Crippen LogP contribution in [-0.2, 0) is 9.59 Å². The Morgan fingerprint density at radius 2 is 1.92 bits per heavy atom. The molecule has 1 amide bonds. The van der Waals surface area contributed by atoms with Gasteiger partial charge >= 0.3 is 0 Å². The molecule has 1 aliphatic heterocycles. The third-order valence-corrected chi connectivity index (χ3v) is 4.52. The van der Waals surface area contributed by atoms with E-state index in [-0.39, 0.29) is 11.6 Å². The second kappa shape index (κ2) is 8.48. The van der Waals surface area contributed by atoms with Crippen LogP contribution in [0.4, 0.5) is 0 Å². The summed E-state index contributed by atoms with van der Waals surface area (Å²) in [4.78, 5) is 22.3. The summed E-state index contributed by atoms with van der Waals surface area (Å²) < 4.78 is 15.8. The molecule has 0 aromatic heterocycles. The summed E-state index contributed by atoms with van der Waals surface area (Å²) in [6, 6.07) is 3.38. The predicted octanol–water partition coefficient (Wildman–Crippen LogP) is -0.0847. The predicted molar refractivity (Wildman–Crippen MR) is 94.8 cm³/mol. The molecule has 10 heteroatoms. The standard InChI is InChI=1S/C16H19N3O6S/c1-8(9-5-10(23-2)14(25-4)11(6-9)24-3)18-19-16-17-15(22)12(26-16)7-13(20)21/h5-6,12,18H,1,7H2,2-4H3,(H,20,21)(H,17,19,22)/p-1. The van der Waals surface area contributed by atoms with Crippen molar-refractivity contribution in [3.8, 4) is 17.2 Å². The normalized spacial score (nSPS) is 17.6. The lowest BCUT2D eigenvalue weighted by Crippen LogP contribution is -2.31. The SMILES string of the molecule is C=C(N/N=C1\NC(=O)C(CC(=O)[O-])S1)c1cc(OC)c(OC)c(OC)c1. The topological polar surface area (TPSA) is 121 Å². The van der Waals surface area contributed by atoms with E-state index in [1.807, 2.05) is 0 Å². The van der Waals surface area contributed by atoms with Crippen LogP contribution in [0.15, 0.2) is 23.8 Å². The number of amides is 1. The van der Waals surface area contributed by atoms with E-state index in [9.17, 15) is 14.7 Å². The smallest absolute Gasteiger partial charge is 0.239 e. The first kappa shape index (κ1) is 19.4. The second-order valence-corrected chi connectivity index (χ2v) is 6.28. The maximum absolute atomic E-state index is 11.7. The monoisotopic (exact) mass is 380 g/mol. The third-order valence-electron chi connectivity index (χ3n) is 3.43. The zero-order valence-corrected chi connectivity index (χ0v) is 15.3. The number of methoxy groups -OCH3 is 3. The van der Waals surface area contributed by atoms with Gasteiger partial charge in [0.2, 0.25) is 11.7 Å². The minimum absolute atomic E-state index is 0.245. The number of carboxylic acid groups (broad SMARTS) is 1. The highest BCUT2D eigenvalue weighted by Gasteiger charge is 2.30. The number of hydrogen-bond donors (Lipinski definition) is 2. The number of carbonyl (C=O) groups is 2. The molecule has 1 atom stereocenters. The molecule has 2 N–H and O–H groups in total. The molecule has 1 unspecified atom stereocenters. The van der Waals surface area contributed by atoms with Crippen molar-refractivity contribution in [2.75, 3.05) is 21.3 Å². The Kier molecular flexibility index (Phi) is 6.34. The van der Waals surface area contributed by atoms with Gasteiger partial charge in [-0.1, -0.05) is 18.3 Å². The van der Waals surface area contributed by atoms with Crippen molar-refractivity contribution in [2.24, 2.45) is 5.10 Å². The lowest BCUT2D eigenvalue weighted by atomic mass is 10.1. The number of ether oxygens (including phenoxy) is 3. The number of benzene rings is 1. The number of amidine groups is 1. The van der Waals surface area contributed by atoms with Gasteiger partial charge in [-0.25, -0.2) is 0 Å². The van der Waals surface area contributed by atoms with E-state index in [0.29, 0.717) is 28.5 Å². The Balaban J connectivity index is 2.13. The number of carbonyl (C=O) groups excluding carboxylic acids is 2. The molecule has 0 bridgehead atoms. The molecular formula is C16H18N3O6S-. The summed E-state index contributed by atoms with van der Waals surface area (Å²) >= 11 is 1.00. The van der Waals surface area contributed by atoms with Crippen LogP contribution in [0.3, 0.4) is 0 Å². The minimum atomic E-state index is -1.30. The summed E-state index contributed by atoms with van der Waals surface area (Å²) in [6.45, 7) is 3.88. The van der Waals surface area contributed by atoms with Gasteiger partial charge in [0.1, 0.15) is 0 Å². The first-order valence-corrected chi connectivity index (χ1v) is 8.27. The average Bonchev–Trinajstić information content (AvgIpc) is 2.97. The molecule has 1 aromatic carbocycles. The van der Waals surface area contributed by atoms with Crippen molar-refractivity contribution in [3.63, 3.8) is 0 Å². The molecule has 140 valence electrons. The second-order valence-electron chi connectivity index (χ2n) is 5.09. The van der Waals surface area contributed by atoms with Crippen LogP contribution >= 0.6 is 11.8 Å². The summed E-state index contributed by atoms with van der Waals surface area (Å²) in [5.41, 5.74) is 3.76. The van der Waals surface area contributed by atoms with Crippen molar-refractivity contribution >= 4 is 34.5 Å². The lowest BCUT2D eigenvalue weighted by Gasteiger charge is -2.15. The average molecular weight is 380 g/mol. The van der Waals surface area contributed by atoms with Crippen molar-refractivity contribution in [1.82, 2.24) is 10.7 Å². The van der Waals surface area contributed by atoms with E-state index in [1.54, 1.807) is 12.1 Å². The van der Waals surface area contributed by atoms with Crippen LogP contribution in [0.25, 0.3) is 5.70 Å². The largest absolute Gasteiger partial charge is 0.550 e. The van der Waals surface area contributed by atoms with Crippen LogP contribution in [0, 0.1) is 0 Å². The minimum Gasteiger partial charge on any atom is -0.550 e. The van der Waals surface area contributed by atoms with Gasteiger partial charge in [-0.2, -0.15) is 0 Å². The molecule has 0 saturated carbocycles. The van der Waals surface area contributed by atoms with E-state index in [1.165, 1.54) is 21.3 Å². The van der Waals surface area contributed by atoms with E-state index < -0.39 is 17.1 Å². The molecular weight excluding hydrogens is 362 g/mol. The highest BCUT2D eigenvalue weighted by Crippen LogP contribution is 2.39. The third kappa shape index (κ3) is 4.39.